The molecule has 0 bridgehead atoms. The topological polar surface area (TPSA) is 6.48 Å². The van der Waals surface area contributed by atoms with Gasteiger partial charge in [0.2, 0.25) is 0 Å². The van der Waals surface area contributed by atoms with Gasteiger partial charge in [0.25, 0.3) is 0 Å². The third-order valence-corrected chi connectivity index (χ3v) is 8.96. The van der Waals surface area contributed by atoms with E-state index in [-0.39, 0.29) is 5.54 Å². The largest absolute Gasteiger partial charge is 0.302 e. The smallest absolute Gasteiger partial charge is 0.0527 e. The predicted octanol–water partition coefficient (Wildman–Crippen LogP) is 11.2. The lowest BCUT2D eigenvalue weighted by Gasteiger charge is -2.49. The van der Waals surface area contributed by atoms with E-state index in [0.29, 0.717) is 6.04 Å². The molecular formula is C36H68N2. The number of unbranched alkanes of at least 4 members (excludes halogenated alkanes) is 18. The van der Waals surface area contributed by atoms with E-state index < -0.39 is 0 Å². The molecule has 1 unspecified atom stereocenters. The molecule has 0 saturated carbocycles. The van der Waals surface area contributed by atoms with Gasteiger partial charge in [0.05, 0.1) is 6.04 Å². The first-order valence-corrected chi connectivity index (χ1v) is 16.9. The van der Waals surface area contributed by atoms with Crippen LogP contribution < -0.4 is 0 Å². The quantitative estimate of drug-likeness (QED) is 0.110. The molecule has 0 aliphatic carbocycles. The molecule has 2 nitrogen and oxygen atoms in total. The van der Waals surface area contributed by atoms with E-state index in [1.165, 1.54) is 147 Å². The van der Waals surface area contributed by atoms with Crippen LogP contribution in [-0.4, -0.2) is 43.5 Å². The molecule has 0 amide bonds. The van der Waals surface area contributed by atoms with E-state index >= 15 is 0 Å². The number of benzene rings is 1. The van der Waals surface area contributed by atoms with Crippen LogP contribution in [0.2, 0.25) is 0 Å². The molecule has 0 aromatic heterocycles. The third kappa shape index (κ3) is 14.5. The highest BCUT2D eigenvalue weighted by atomic mass is 15.2. The second-order valence-electron chi connectivity index (χ2n) is 12.6. The maximum absolute atomic E-state index is 2.60. The summed E-state index contributed by atoms with van der Waals surface area (Å²) in [5.41, 5.74) is 1.66. The monoisotopic (exact) mass is 529 g/mol. The molecule has 2 heteroatoms. The Morgan fingerprint density at radius 1 is 0.500 bits per heavy atom. The van der Waals surface area contributed by atoms with Crippen LogP contribution >= 0.6 is 0 Å². The Labute approximate surface area is 240 Å². The average molecular weight is 529 g/mol. The van der Waals surface area contributed by atoms with Gasteiger partial charge in [0, 0.05) is 5.54 Å². The molecule has 0 aliphatic heterocycles. The van der Waals surface area contributed by atoms with Gasteiger partial charge in [-0.3, -0.25) is 0 Å². The summed E-state index contributed by atoms with van der Waals surface area (Å²) >= 11 is 0. The normalized spacial score (nSPS) is 13.1. The fourth-order valence-electron chi connectivity index (χ4n) is 6.65. The highest BCUT2D eigenvalue weighted by Crippen LogP contribution is 2.42. The average Bonchev–Trinajstić information content (AvgIpc) is 2.90. The van der Waals surface area contributed by atoms with Gasteiger partial charge in [-0.25, -0.2) is 0 Å². The molecule has 222 valence electrons. The van der Waals surface area contributed by atoms with Gasteiger partial charge in [-0.15, -0.1) is 0 Å². The molecule has 0 N–H and O–H groups in total. The van der Waals surface area contributed by atoms with E-state index in [9.17, 15) is 0 Å². The summed E-state index contributed by atoms with van der Waals surface area (Å²) in [6, 6.07) is 11.8. The molecular weight excluding hydrogens is 460 g/mol. The fourth-order valence-corrected chi connectivity index (χ4v) is 6.65. The summed E-state index contributed by atoms with van der Waals surface area (Å²) < 4.78 is 0. The van der Waals surface area contributed by atoms with Crippen LogP contribution in [0.3, 0.4) is 0 Å². The summed E-state index contributed by atoms with van der Waals surface area (Å²) in [6.07, 6.45) is 30.8. The Kier molecular flexibility index (Phi) is 21.2. The molecule has 38 heavy (non-hydrogen) atoms. The lowest BCUT2D eigenvalue weighted by atomic mass is 9.75. The summed E-state index contributed by atoms with van der Waals surface area (Å²) in [5.74, 6) is 0. The zero-order valence-corrected chi connectivity index (χ0v) is 26.9. The Morgan fingerprint density at radius 3 is 1.16 bits per heavy atom. The minimum Gasteiger partial charge on any atom is -0.302 e. The first-order valence-electron chi connectivity index (χ1n) is 16.9. The Morgan fingerprint density at radius 2 is 0.842 bits per heavy atom. The molecule has 0 fully saturated rings. The van der Waals surface area contributed by atoms with Crippen LogP contribution in [0.4, 0.5) is 0 Å². The first-order chi connectivity index (χ1) is 18.5. The van der Waals surface area contributed by atoms with Crippen LogP contribution in [0.15, 0.2) is 30.3 Å². The molecule has 1 aromatic rings. The van der Waals surface area contributed by atoms with Crippen molar-refractivity contribution in [3.8, 4) is 0 Å². The molecule has 0 saturated heterocycles. The maximum Gasteiger partial charge on any atom is 0.0527 e. The number of hydrogen-bond donors (Lipinski definition) is 0. The number of nitrogens with zero attached hydrogens (tertiary/aromatic N) is 2. The summed E-state index contributed by atoms with van der Waals surface area (Å²) in [7, 11) is 9.30. The van der Waals surface area contributed by atoms with Crippen molar-refractivity contribution in [2.75, 3.05) is 28.2 Å². The molecule has 0 heterocycles. The SMILES string of the molecule is CCCCCCCCCCCCC(CCCCCCCCCCCC)(C(c1ccccc1)N(C)C)N(C)C. The van der Waals surface area contributed by atoms with Crippen molar-refractivity contribution in [2.45, 2.75) is 167 Å². The van der Waals surface area contributed by atoms with Crippen molar-refractivity contribution in [1.29, 1.82) is 0 Å². The molecule has 1 atom stereocenters. The zero-order chi connectivity index (χ0) is 27.9. The first kappa shape index (κ1) is 35.2. The Bertz CT molecular complexity index is 599. The standard InChI is InChI=1S/C36H68N2/c1-7-9-11-13-15-17-19-21-23-28-32-36(38(5)6,35(37(3)4)34-30-26-25-27-31-34)33-29-24-22-20-18-16-14-12-10-8-2/h25-27,30-31,35H,7-24,28-29,32-33H2,1-6H3. The molecule has 0 spiro atoms. The fraction of sp³-hybridized carbons (Fsp3) is 0.833. The van der Waals surface area contributed by atoms with E-state index in [1.807, 2.05) is 0 Å². The van der Waals surface area contributed by atoms with Crippen molar-refractivity contribution in [3.63, 3.8) is 0 Å². The highest BCUT2D eigenvalue weighted by molar-refractivity contribution is 5.23. The number of likely N-dealkylation sites (N-methyl/N-ethyl adjacent to an activating group) is 2. The second kappa shape index (κ2) is 22.9. The minimum atomic E-state index is 0.186. The number of rotatable bonds is 26. The highest BCUT2D eigenvalue weighted by Gasteiger charge is 2.41. The predicted molar refractivity (Wildman–Crippen MR) is 172 cm³/mol. The number of hydrogen-bond acceptors (Lipinski definition) is 2. The van der Waals surface area contributed by atoms with Gasteiger partial charge >= 0.3 is 0 Å². The van der Waals surface area contributed by atoms with Gasteiger partial charge in [0.15, 0.2) is 0 Å². The maximum atomic E-state index is 2.60. The lowest BCUT2D eigenvalue weighted by Crippen LogP contribution is -2.53. The molecule has 0 radical (unpaired) electrons. The zero-order valence-electron chi connectivity index (χ0n) is 26.9. The van der Waals surface area contributed by atoms with Gasteiger partial charge in [-0.2, -0.15) is 0 Å². The van der Waals surface area contributed by atoms with Crippen molar-refractivity contribution in [2.24, 2.45) is 0 Å². The van der Waals surface area contributed by atoms with Crippen molar-refractivity contribution in [1.82, 2.24) is 9.80 Å². The van der Waals surface area contributed by atoms with E-state index in [0.717, 1.165) is 0 Å². The van der Waals surface area contributed by atoms with Gasteiger partial charge < -0.3 is 9.80 Å². The van der Waals surface area contributed by atoms with Crippen LogP contribution in [-0.2, 0) is 0 Å². The minimum absolute atomic E-state index is 0.186. The summed E-state index contributed by atoms with van der Waals surface area (Å²) in [6.45, 7) is 4.62. The molecule has 1 aromatic carbocycles. The van der Waals surface area contributed by atoms with Gasteiger partial charge in [-0.1, -0.05) is 173 Å². The van der Waals surface area contributed by atoms with Crippen molar-refractivity contribution in [3.05, 3.63) is 35.9 Å². The van der Waals surface area contributed by atoms with E-state index in [4.69, 9.17) is 0 Å². The van der Waals surface area contributed by atoms with Gasteiger partial charge in [-0.05, 0) is 46.6 Å². The van der Waals surface area contributed by atoms with E-state index in [1.54, 1.807) is 0 Å². The summed E-state index contributed by atoms with van der Waals surface area (Å²) in [5, 5.41) is 0. The van der Waals surface area contributed by atoms with Gasteiger partial charge in [0.1, 0.15) is 0 Å². The Balaban J connectivity index is 2.67. The third-order valence-electron chi connectivity index (χ3n) is 8.96. The second-order valence-corrected chi connectivity index (χ2v) is 12.6. The van der Waals surface area contributed by atoms with Crippen molar-refractivity contribution >= 4 is 0 Å². The summed E-state index contributed by atoms with van der Waals surface area (Å²) in [4.78, 5) is 5.11. The van der Waals surface area contributed by atoms with Crippen LogP contribution in [0.25, 0.3) is 0 Å². The van der Waals surface area contributed by atoms with Crippen molar-refractivity contribution < 1.29 is 0 Å². The molecule has 0 aliphatic rings. The lowest BCUT2D eigenvalue weighted by molar-refractivity contribution is 0.0262. The van der Waals surface area contributed by atoms with Crippen LogP contribution in [0, 0.1) is 0 Å². The molecule has 1 rings (SSSR count). The Hall–Kier alpha value is -0.860. The van der Waals surface area contributed by atoms with Crippen LogP contribution in [0.5, 0.6) is 0 Å². The van der Waals surface area contributed by atoms with Crippen LogP contribution in [0.1, 0.15) is 167 Å². The van der Waals surface area contributed by atoms with E-state index in [2.05, 4.69) is 82.2 Å².